The Bertz CT molecular complexity index is 367. The second-order valence-electron chi connectivity index (χ2n) is 4.64. The van der Waals surface area contributed by atoms with Crippen molar-refractivity contribution in [3.8, 4) is 0 Å². The van der Waals surface area contributed by atoms with Gasteiger partial charge in [0.05, 0.1) is 0 Å². The molecule has 1 rings (SSSR count). The Kier molecular flexibility index (Phi) is 6.16. The summed E-state index contributed by atoms with van der Waals surface area (Å²) in [5, 5.41) is 11.2. The van der Waals surface area contributed by atoms with E-state index in [2.05, 4.69) is 5.32 Å². The van der Waals surface area contributed by atoms with E-state index >= 15 is 0 Å². The van der Waals surface area contributed by atoms with Crippen molar-refractivity contribution in [3.63, 3.8) is 0 Å². The monoisotopic (exact) mass is 269 g/mol. The Labute approximate surface area is 113 Å². The standard InChI is InChI=1S/C14H20ClNO2/c1-10(2)12(8-9-17)16-14(18)13(15)11-6-4-3-5-7-11/h3-7,10,12-13,17H,8-9H2,1-2H3,(H,16,18). The Balaban J connectivity index is 2.64. The van der Waals surface area contributed by atoms with E-state index in [1.165, 1.54) is 0 Å². The minimum atomic E-state index is -0.689. The number of aliphatic hydroxyl groups is 1. The molecule has 0 aliphatic heterocycles. The molecular formula is C14H20ClNO2. The van der Waals surface area contributed by atoms with Crippen molar-refractivity contribution in [2.75, 3.05) is 6.61 Å². The highest BCUT2D eigenvalue weighted by molar-refractivity contribution is 6.30. The lowest BCUT2D eigenvalue weighted by Gasteiger charge is -2.23. The number of benzene rings is 1. The highest BCUT2D eigenvalue weighted by Crippen LogP contribution is 2.21. The summed E-state index contributed by atoms with van der Waals surface area (Å²) in [6, 6.07) is 9.19. The number of halogens is 1. The fraction of sp³-hybridized carbons (Fsp3) is 0.500. The molecule has 1 aromatic rings. The molecule has 1 amide bonds. The Hall–Kier alpha value is -1.06. The average Bonchev–Trinajstić information content (AvgIpc) is 2.38. The van der Waals surface area contributed by atoms with Crippen LogP contribution in [0.4, 0.5) is 0 Å². The van der Waals surface area contributed by atoms with Gasteiger partial charge in [-0.25, -0.2) is 0 Å². The normalized spacial score (nSPS) is 14.3. The van der Waals surface area contributed by atoms with E-state index in [4.69, 9.17) is 16.7 Å². The Morgan fingerprint density at radius 1 is 1.33 bits per heavy atom. The Morgan fingerprint density at radius 3 is 2.44 bits per heavy atom. The molecule has 0 saturated heterocycles. The van der Waals surface area contributed by atoms with Gasteiger partial charge in [0.2, 0.25) is 5.91 Å². The van der Waals surface area contributed by atoms with E-state index < -0.39 is 5.38 Å². The predicted molar refractivity (Wildman–Crippen MR) is 73.5 cm³/mol. The second kappa shape index (κ2) is 7.39. The van der Waals surface area contributed by atoms with Crippen LogP contribution in [0, 0.1) is 5.92 Å². The third-order valence-electron chi connectivity index (χ3n) is 2.89. The maximum absolute atomic E-state index is 12.0. The smallest absolute Gasteiger partial charge is 0.242 e. The molecule has 0 bridgehead atoms. The van der Waals surface area contributed by atoms with Gasteiger partial charge in [-0.05, 0) is 17.9 Å². The van der Waals surface area contributed by atoms with E-state index in [9.17, 15) is 4.79 Å². The molecular weight excluding hydrogens is 250 g/mol. The molecule has 0 spiro atoms. The number of hydrogen-bond acceptors (Lipinski definition) is 2. The van der Waals surface area contributed by atoms with Crippen LogP contribution in [-0.4, -0.2) is 23.7 Å². The lowest BCUT2D eigenvalue weighted by molar-refractivity contribution is -0.122. The fourth-order valence-electron chi connectivity index (χ4n) is 1.74. The summed E-state index contributed by atoms with van der Waals surface area (Å²) in [4.78, 5) is 12.0. The second-order valence-corrected chi connectivity index (χ2v) is 5.08. The zero-order chi connectivity index (χ0) is 13.5. The first-order chi connectivity index (χ1) is 8.56. The first-order valence-electron chi connectivity index (χ1n) is 6.16. The van der Waals surface area contributed by atoms with Gasteiger partial charge in [-0.2, -0.15) is 0 Å². The van der Waals surface area contributed by atoms with Gasteiger partial charge in [0.15, 0.2) is 0 Å². The third kappa shape index (κ3) is 4.31. The fourth-order valence-corrected chi connectivity index (χ4v) is 1.95. The Morgan fingerprint density at radius 2 is 1.94 bits per heavy atom. The van der Waals surface area contributed by atoms with Gasteiger partial charge in [0, 0.05) is 12.6 Å². The number of alkyl halides is 1. The maximum atomic E-state index is 12.0. The summed E-state index contributed by atoms with van der Waals surface area (Å²) >= 11 is 6.13. The number of amides is 1. The molecule has 100 valence electrons. The van der Waals surface area contributed by atoms with Crippen LogP contribution in [-0.2, 0) is 4.79 Å². The summed E-state index contributed by atoms with van der Waals surface area (Å²) in [7, 11) is 0. The molecule has 18 heavy (non-hydrogen) atoms. The highest BCUT2D eigenvalue weighted by atomic mass is 35.5. The largest absolute Gasteiger partial charge is 0.396 e. The van der Waals surface area contributed by atoms with Crippen molar-refractivity contribution in [1.29, 1.82) is 0 Å². The topological polar surface area (TPSA) is 49.3 Å². The predicted octanol–water partition coefficient (Wildman–Crippen LogP) is 2.49. The first-order valence-corrected chi connectivity index (χ1v) is 6.60. The molecule has 2 unspecified atom stereocenters. The lowest BCUT2D eigenvalue weighted by Crippen LogP contribution is -2.40. The molecule has 0 heterocycles. The number of carbonyl (C=O) groups excluding carboxylic acids is 1. The summed E-state index contributed by atoms with van der Waals surface area (Å²) < 4.78 is 0. The number of carbonyl (C=O) groups is 1. The van der Waals surface area contributed by atoms with Crippen LogP contribution in [0.15, 0.2) is 30.3 Å². The van der Waals surface area contributed by atoms with Crippen LogP contribution in [0.2, 0.25) is 0 Å². The van der Waals surface area contributed by atoms with E-state index in [-0.39, 0.29) is 24.5 Å². The molecule has 4 heteroatoms. The van der Waals surface area contributed by atoms with Gasteiger partial charge in [-0.1, -0.05) is 44.2 Å². The zero-order valence-corrected chi connectivity index (χ0v) is 11.5. The van der Waals surface area contributed by atoms with Crippen LogP contribution in [0.5, 0.6) is 0 Å². The maximum Gasteiger partial charge on any atom is 0.242 e. The number of hydrogen-bond donors (Lipinski definition) is 2. The highest BCUT2D eigenvalue weighted by Gasteiger charge is 2.22. The molecule has 0 aliphatic carbocycles. The number of nitrogens with one attached hydrogen (secondary N) is 1. The van der Waals surface area contributed by atoms with Crippen LogP contribution in [0.1, 0.15) is 31.2 Å². The van der Waals surface area contributed by atoms with Gasteiger partial charge < -0.3 is 10.4 Å². The first kappa shape index (κ1) is 15.0. The van der Waals surface area contributed by atoms with Crippen LogP contribution in [0.3, 0.4) is 0 Å². The van der Waals surface area contributed by atoms with Gasteiger partial charge >= 0.3 is 0 Å². The SMILES string of the molecule is CC(C)C(CCO)NC(=O)C(Cl)c1ccccc1. The quantitative estimate of drug-likeness (QED) is 0.780. The average molecular weight is 270 g/mol. The summed E-state index contributed by atoms with van der Waals surface area (Å²) in [5.41, 5.74) is 0.781. The zero-order valence-electron chi connectivity index (χ0n) is 10.8. The summed E-state index contributed by atoms with van der Waals surface area (Å²) in [5.74, 6) is 0.0516. The summed E-state index contributed by atoms with van der Waals surface area (Å²) in [6.45, 7) is 4.07. The molecule has 2 atom stereocenters. The number of rotatable bonds is 6. The summed E-state index contributed by atoms with van der Waals surface area (Å²) in [6.07, 6.45) is 0.543. The molecule has 0 saturated carbocycles. The minimum Gasteiger partial charge on any atom is -0.396 e. The van der Waals surface area contributed by atoms with Crippen molar-refractivity contribution in [2.24, 2.45) is 5.92 Å². The molecule has 0 aliphatic rings. The molecule has 0 radical (unpaired) electrons. The molecule has 3 nitrogen and oxygen atoms in total. The van der Waals surface area contributed by atoms with Crippen molar-refractivity contribution in [2.45, 2.75) is 31.7 Å². The lowest BCUT2D eigenvalue weighted by atomic mass is 10.0. The molecule has 2 N–H and O–H groups in total. The molecule has 1 aromatic carbocycles. The van der Waals surface area contributed by atoms with E-state index in [1.54, 1.807) is 0 Å². The van der Waals surface area contributed by atoms with Gasteiger partial charge in [0.25, 0.3) is 0 Å². The van der Waals surface area contributed by atoms with E-state index in [0.717, 1.165) is 5.56 Å². The van der Waals surface area contributed by atoms with Crippen LogP contribution < -0.4 is 5.32 Å². The van der Waals surface area contributed by atoms with E-state index in [0.29, 0.717) is 6.42 Å². The van der Waals surface area contributed by atoms with E-state index in [1.807, 2.05) is 44.2 Å². The minimum absolute atomic E-state index is 0.0486. The van der Waals surface area contributed by atoms with Crippen molar-refractivity contribution >= 4 is 17.5 Å². The van der Waals surface area contributed by atoms with Gasteiger partial charge in [-0.15, -0.1) is 11.6 Å². The number of aliphatic hydroxyl groups excluding tert-OH is 1. The molecule has 0 fully saturated rings. The van der Waals surface area contributed by atoms with Crippen LogP contribution in [0.25, 0.3) is 0 Å². The van der Waals surface area contributed by atoms with Crippen LogP contribution >= 0.6 is 11.6 Å². The van der Waals surface area contributed by atoms with Crippen molar-refractivity contribution in [3.05, 3.63) is 35.9 Å². The molecule has 0 aromatic heterocycles. The van der Waals surface area contributed by atoms with Gasteiger partial charge in [-0.3, -0.25) is 4.79 Å². The third-order valence-corrected chi connectivity index (χ3v) is 3.35. The van der Waals surface area contributed by atoms with Crippen molar-refractivity contribution < 1.29 is 9.90 Å². The van der Waals surface area contributed by atoms with Crippen molar-refractivity contribution in [1.82, 2.24) is 5.32 Å². The van der Waals surface area contributed by atoms with Gasteiger partial charge in [0.1, 0.15) is 5.38 Å².